The van der Waals surface area contributed by atoms with Crippen LogP contribution in [-0.4, -0.2) is 44.7 Å². The number of nitrogens with zero attached hydrogens (tertiary/aromatic N) is 4. The van der Waals surface area contributed by atoms with E-state index in [2.05, 4.69) is 15.0 Å². The van der Waals surface area contributed by atoms with E-state index < -0.39 is 30.4 Å². The molecule has 0 aliphatic rings. The molecule has 0 bridgehead atoms. The van der Waals surface area contributed by atoms with E-state index in [9.17, 15) is 23.8 Å². The van der Waals surface area contributed by atoms with Gasteiger partial charge in [-0.3, -0.25) is 0 Å². The maximum Gasteiger partial charge on any atom is 0.414 e. The van der Waals surface area contributed by atoms with Crippen LogP contribution in [0.1, 0.15) is 25.0 Å². The molecule has 0 aliphatic carbocycles. The van der Waals surface area contributed by atoms with Gasteiger partial charge in [0.15, 0.2) is 5.82 Å². The Bertz CT molecular complexity index is 1140. The Morgan fingerprint density at radius 3 is 2.45 bits per heavy atom. The lowest BCUT2D eigenvalue weighted by Crippen LogP contribution is -2.33. The number of hydrogen-bond donors (Lipinski definition) is 2. The fourth-order valence-corrected chi connectivity index (χ4v) is 3.36. The van der Waals surface area contributed by atoms with Gasteiger partial charge in [0.1, 0.15) is 5.82 Å². The molecule has 33 heavy (non-hydrogen) atoms. The Labute approximate surface area is 193 Å². The molecule has 0 fully saturated rings. The maximum absolute atomic E-state index is 13.1. The van der Waals surface area contributed by atoms with Crippen LogP contribution in [0.3, 0.4) is 0 Å². The molecule has 2 aromatic carbocycles. The van der Waals surface area contributed by atoms with Crippen molar-refractivity contribution < 1.29 is 28.5 Å². The zero-order chi connectivity index (χ0) is 24.2. The molecule has 0 spiro atoms. The normalized spacial score (nSPS) is 11.3. The molecule has 8 nitrogen and oxygen atoms in total. The Balaban J connectivity index is 2.00. The number of benzene rings is 2. The first-order valence-corrected chi connectivity index (χ1v) is 10.2. The summed E-state index contributed by atoms with van der Waals surface area (Å²) in [6.07, 6.45) is -1.11. The van der Waals surface area contributed by atoms with Crippen molar-refractivity contribution in [3.05, 3.63) is 64.4 Å². The highest BCUT2D eigenvalue weighted by Crippen LogP contribution is 2.32. The molecule has 0 atom stereocenters. The van der Waals surface area contributed by atoms with Crippen LogP contribution in [0.25, 0.3) is 11.4 Å². The average Bonchev–Trinajstić information content (AvgIpc) is 2.74. The lowest BCUT2D eigenvalue weighted by molar-refractivity contribution is 0.0787. The lowest BCUT2D eigenvalue weighted by atomic mass is 9.96. The molecular weight excluding hydrogens is 458 g/mol. The summed E-state index contributed by atoms with van der Waals surface area (Å²) in [5.74, 6) is -0.686. The number of carbonyl (C=O) groups is 1. The van der Waals surface area contributed by atoms with Crippen LogP contribution in [0.4, 0.5) is 19.5 Å². The molecule has 1 amide bonds. The van der Waals surface area contributed by atoms with E-state index in [1.165, 1.54) is 30.3 Å². The maximum atomic E-state index is 13.1. The van der Waals surface area contributed by atoms with Crippen molar-refractivity contribution in [2.75, 3.05) is 18.3 Å². The minimum Gasteiger partial charge on any atom is -0.465 e. The first-order chi connectivity index (χ1) is 15.6. The van der Waals surface area contributed by atoms with E-state index in [0.717, 1.165) is 4.90 Å². The van der Waals surface area contributed by atoms with E-state index in [1.807, 2.05) is 0 Å². The van der Waals surface area contributed by atoms with Gasteiger partial charge in [0.25, 0.3) is 0 Å². The van der Waals surface area contributed by atoms with Crippen molar-refractivity contribution in [2.24, 2.45) is 0 Å². The van der Waals surface area contributed by atoms with Crippen molar-refractivity contribution in [1.82, 2.24) is 15.0 Å². The smallest absolute Gasteiger partial charge is 0.414 e. The zero-order valence-corrected chi connectivity index (χ0v) is 18.6. The summed E-state index contributed by atoms with van der Waals surface area (Å²) >= 11 is 6.18. The number of halogens is 3. The van der Waals surface area contributed by atoms with Gasteiger partial charge in [-0.1, -0.05) is 23.7 Å². The first-order valence-electron chi connectivity index (χ1n) is 9.81. The highest BCUT2D eigenvalue weighted by molar-refractivity contribution is 6.31. The van der Waals surface area contributed by atoms with E-state index in [-0.39, 0.29) is 24.7 Å². The summed E-state index contributed by atoms with van der Waals surface area (Å²) in [6.45, 7) is 1.81. The van der Waals surface area contributed by atoms with Crippen LogP contribution in [0.5, 0.6) is 6.01 Å². The van der Waals surface area contributed by atoms with Crippen LogP contribution < -0.4 is 9.64 Å². The molecule has 3 aromatic rings. The average molecular weight is 479 g/mol. The molecule has 174 valence electrons. The number of aromatic nitrogens is 3. The number of ether oxygens (including phenoxy) is 1. The van der Waals surface area contributed by atoms with E-state index in [4.69, 9.17) is 16.3 Å². The quantitative estimate of drug-likeness (QED) is 0.487. The molecule has 3 rings (SSSR count). The van der Waals surface area contributed by atoms with Gasteiger partial charge >= 0.3 is 12.1 Å². The Hall–Kier alpha value is -3.37. The molecular formula is C22H21ClF2N4O4. The van der Waals surface area contributed by atoms with E-state index in [0.29, 0.717) is 21.7 Å². The standard InChI is InChI=1S/C22H21ClF2N4O4/c1-22(2,32)16-11-14(5-8-17(16)23)18-26-19(28-20(27-18)33-12-24)29(21(30)31)10-9-13-3-6-15(25)7-4-13/h3-8,11,32H,9-10,12H2,1-2H3,(H,30,31). The number of aliphatic hydroxyl groups is 1. The monoisotopic (exact) mass is 478 g/mol. The minimum atomic E-state index is -1.35. The van der Waals surface area contributed by atoms with Gasteiger partial charge in [0, 0.05) is 22.7 Å². The topological polar surface area (TPSA) is 109 Å². The van der Waals surface area contributed by atoms with Crippen LogP contribution in [0.2, 0.25) is 5.02 Å². The second-order valence-corrected chi connectivity index (χ2v) is 7.97. The highest BCUT2D eigenvalue weighted by Gasteiger charge is 2.23. The third-order valence-corrected chi connectivity index (χ3v) is 5.01. The summed E-state index contributed by atoms with van der Waals surface area (Å²) in [6, 6.07) is 9.86. The van der Waals surface area contributed by atoms with Crippen molar-refractivity contribution in [1.29, 1.82) is 0 Å². The Morgan fingerprint density at radius 1 is 1.15 bits per heavy atom. The summed E-state index contributed by atoms with van der Waals surface area (Å²) in [4.78, 5) is 25.0. The number of alkyl halides is 1. The Kier molecular flexibility index (Phi) is 7.39. The van der Waals surface area contributed by atoms with Crippen molar-refractivity contribution in [3.63, 3.8) is 0 Å². The molecule has 1 aromatic heterocycles. The highest BCUT2D eigenvalue weighted by atomic mass is 35.5. The van der Waals surface area contributed by atoms with Crippen LogP contribution in [-0.2, 0) is 12.0 Å². The van der Waals surface area contributed by atoms with Gasteiger partial charge < -0.3 is 14.9 Å². The number of hydrogen-bond acceptors (Lipinski definition) is 6. The number of amides is 1. The number of carboxylic acid groups (broad SMARTS) is 1. The second-order valence-electron chi connectivity index (χ2n) is 7.56. The Morgan fingerprint density at radius 2 is 1.85 bits per heavy atom. The SMILES string of the molecule is CC(C)(O)c1cc(-c2nc(OCF)nc(N(CCc3ccc(F)cc3)C(=O)O)n2)ccc1Cl. The first kappa shape index (κ1) is 24.3. The molecule has 1 heterocycles. The van der Waals surface area contributed by atoms with E-state index >= 15 is 0 Å². The molecule has 0 unspecified atom stereocenters. The van der Waals surface area contributed by atoms with Crippen LogP contribution in [0.15, 0.2) is 42.5 Å². The van der Waals surface area contributed by atoms with Crippen molar-refractivity contribution >= 4 is 23.6 Å². The summed E-state index contributed by atoms with van der Waals surface area (Å²) < 4.78 is 30.7. The molecule has 0 aliphatic heterocycles. The van der Waals surface area contributed by atoms with Gasteiger partial charge in [-0.05, 0) is 56.2 Å². The second kappa shape index (κ2) is 10.1. The number of rotatable bonds is 8. The fraction of sp³-hybridized carbons (Fsp3) is 0.273. The van der Waals surface area contributed by atoms with Crippen molar-refractivity contribution in [3.8, 4) is 17.4 Å². The third-order valence-electron chi connectivity index (χ3n) is 4.68. The third kappa shape index (κ3) is 6.11. The summed E-state index contributed by atoms with van der Waals surface area (Å²) in [5.41, 5.74) is 0.198. The zero-order valence-electron chi connectivity index (χ0n) is 17.8. The molecule has 0 saturated heterocycles. The molecule has 2 N–H and O–H groups in total. The van der Waals surface area contributed by atoms with Gasteiger partial charge in [0.2, 0.25) is 12.8 Å². The molecule has 11 heteroatoms. The van der Waals surface area contributed by atoms with Gasteiger partial charge in [-0.15, -0.1) is 0 Å². The minimum absolute atomic E-state index is 0.00125. The number of anilines is 1. The summed E-state index contributed by atoms with van der Waals surface area (Å²) in [7, 11) is 0. The van der Waals surface area contributed by atoms with Gasteiger partial charge in [-0.25, -0.2) is 18.5 Å². The molecule has 0 radical (unpaired) electrons. The molecule has 0 saturated carbocycles. The van der Waals surface area contributed by atoms with Crippen molar-refractivity contribution in [2.45, 2.75) is 25.9 Å². The lowest BCUT2D eigenvalue weighted by Gasteiger charge is -2.21. The predicted octanol–water partition coefficient (Wildman–Crippen LogP) is 4.59. The van der Waals surface area contributed by atoms with Crippen LogP contribution in [0, 0.1) is 5.82 Å². The summed E-state index contributed by atoms with van der Waals surface area (Å²) in [5, 5.41) is 20.4. The van der Waals surface area contributed by atoms with E-state index in [1.54, 1.807) is 26.0 Å². The van der Waals surface area contributed by atoms with Gasteiger partial charge in [0.05, 0.1) is 5.60 Å². The predicted molar refractivity (Wildman–Crippen MR) is 118 cm³/mol. The largest absolute Gasteiger partial charge is 0.465 e. The van der Waals surface area contributed by atoms with Crippen LogP contribution >= 0.6 is 11.6 Å². The fourth-order valence-electron chi connectivity index (χ4n) is 3.02. The van der Waals surface area contributed by atoms with Gasteiger partial charge in [-0.2, -0.15) is 15.0 Å².